The Labute approximate surface area is 273 Å². The first-order chi connectivity index (χ1) is 22.5. The Morgan fingerprint density at radius 1 is 0.826 bits per heavy atom. The van der Waals surface area contributed by atoms with Gasteiger partial charge in [-0.3, -0.25) is 14.8 Å². The summed E-state index contributed by atoms with van der Waals surface area (Å²) in [7, 11) is 0. The summed E-state index contributed by atoms with van der Waals surface area (Å²) in [6, 6.07) is 30.0. The van der Waals surface area contributed by atoms with Crippen molar-refractivity contribution in [3.63, 3.8) is 0 Å². The number of nitrogens with one attached hydrogen (secondary N) is 2. The molecule has 2 amide bonds. The van der Waals surface area contributed by atoms with Gasteiger partial charge in [0.15, 0.2) is 6.29 Å². The van der Waals surface area contributed by atoms with Crippen LogP contribution in [-0.2, 0) is 32.2 Å². The maximum atomic E-state index is 12.3. The molecule has 0 spiro atoms. The van der Waals surface area contributed by atoms with Gasteiger partial charge in [0.2, 0.25) is 11.8 Å². The van der Waals surface area contributed by atoms with Crippen molar-refractivity contribution in [2.24, 2.45) is 0 Å². The molecule has 9 nitrogen and oxygen atoms in total. The second kappa shape index (κ2) is 17.0. The van der Waals surface area contributed by atoms with Gasteiger partial charge >= 0.3 is 0 Å². The first kappa shape index (κ1) is 33.3. The van der Waals surface area contributed by atoms with Crippen molar-refractivity contribution in [3.05, 3.63) is 119 Å². The number of aliphatic hydroxyl groups is 1. The summed E-state index contributed by atoms with van der Waals surface area (Å²) >= 11 is 1.67. The number of benzene rings is 3. The standard InChI is InChI=1S/C36H39N3O6S/c40-23-25-11-13-28(14-12-25)32-21-31(24-46-35-10-3-4-19-37-35)44-36(45-32)29-17-15-27(16-18-29)30-7-5-6-26(20-30)22-38-33(41)8-1-2-9-34(42)39-43/h3-7,10-20,31-32,36,40,43H,1-2,8-9,21-24H2,(H,38,41)(H,39,42)/t31-,32+,36+/m1/s1. The fraction of sp³-hybridized carbons (Fsp3) is 0.306. The molecule has 0 saturated carbocycles. The molecule has 46 heavy (non-hydrogen) atoms. The van der Waals surface area contributed by atoms with E-state index in [4.69, 9.17) is 14.7 Å². The Hall–Kier alpha value is -4.06. The third-order valence-electron chi connectivity index (χ3n) is 7.79. The number of unbranched alkanes of at least 4 members (excludes halogenated alkanes) is 1. The van der Waals surface area contributed by atoms with E-state index in [1.165, 1.54) is 0 Å². The molecule has 0 bridgehead atoms. The van der Waals surface area contributed by atoms with Crippen molar-refractivity contribution in [1.82, 2.24) is 15.8 Å². The zero-order valence-corrected chi connectivity index (χ0v) is 26.3. The predicted octanol–water partition coefficient (Wildman–Crippen LogP) is 6.26. The lowest BCUT2D eigenvalue weighted by atomic mass is 9.99. The molecule has 4 N–H and O–H groups in total. The maximum Gasteiger partial charge on any atom is 0.243 e. The van der Waals surface area contributed by atoms with Crippen LogP contribution in [0.1, 0.15) is 66.8 Å². The van der Waals surface area contributed by atoms with Crippen LogP contribution in [0.5, 0.6) is 0 Å². The van der Waals surface area contributed by atoms with Gasteiger partial charge in [-0.1, -0.05) is 72.8 Å². The van der Waals surface area contributed by atoms with Crippen LogP contribution in [-0.4, -0.2) is 39.0 Å². The molecule has 1 aromatic heterocycles. The lowest BCUT2D eigenvalue weighted by Crippen LogP contribution is -2.31. The van der Waals surface area contributed by atoms with Gasteiger partial charge in [-0.2, -0.15) is 0 Å². The van der Waals surface area contributed by atoms with Crippen LogP contribution in [0.15, 0.2) is 102 Å². The second-order valence-electron chi connectivity index (χ2n) is 11.2. The molecular weight excluding hydrogens is 602 g/mol. The summed E-state index contributed by atoms with van der Waals surface area (Å²) in [5.74, 6) is 0.217. The van der Waals surface area contributed by atoms with Gasteiger partial charge in [-0.05, 0) is 58.9 Å². The minimum absolute atomic E-state index is 0.000176. The van der Waals surface area contributed by atoms with Crippen LogP contribution in [0.2, 0.25) is 0 Å². The summed E-state index contributed by atoms with van der Waals surface area (Å²) in [5.41, 5.74) is 7.48. The van der Waals surface area contributed by atoms with E-state index in [0.717, 1.165) is 44.2 Å². The lowest BCUT2D eigenvalue weighted by Gasteiger charge is -2.36. The normalized spacial score (nSPS) is 17.7. The highest BCUT2D eigenvalue weighted by atomic mass is 32.2. The average Bonchev–Trinajstić information content (AvgIpc) is 3.12. The molecule has 3 aromatic carbocycles. The molecule has 1 aliphatic rings. The second-order valence-corrected chi connectivity index (χ2v) is 12.2. The lowest BCUT2D eigenvalue weighted by molar-refractivity contribution is -0.245. The van der Waals surface area contributed by atoms with Crippen LogP contribution < -0.4 is 10.8 Å². The van der Waals surface area contributed by atoms with E-state index >= 15 is 0 Å². The molecule has 4 aromatic rings. The third kappa shape index (κ3) is 9.72. The number of aliphatic hydroxyl groups excluding tert-OH is 1. The summed E-state index contributed by atoms with van der Waals surface area (Å²) in [4.78, 5) is 27.8. The van der Waals surface area contributed by atoms with E-state index in [1.54, 1.807) is 23.4 Å². The Morgan fingerprint density at radius 2 is 1.59 bits per heavy atom. The van der Waals surface area contributed by atoms with Crippen LogP contribution in [0.25, 0.3) is 11.1 Å². The van der Waals surface area contributed by atoms with Crippen LogP contribution in [0.4, 0.5) is 0 Å². The van der Waals surface area contributed by atoms with Crippen molar-refractivity contribution in [3.8, 4) is 11.1 Å². The Balaban J connectivity index is 1.22. The highest BCUT2D eigenvalue weighted by molar-refractivity contribution is 7.99. The molecule has 0 aliphatic carbocycles. The minimum Gasteiger partial charge on any atom is -0.392 e. The zero-order valence-electron chi connectivity index (χ0n) is 25.5. The smallest absolute Gasteiger partial charge is 0.243 e. The third-order valence-corrected chi connectivity index (χ3v) is 8.86. The Morgan fingerprint density at radius 3 is 2.30 bits per heavy atom. The molecule has 240 valence electrons. The largest absolute Gasteiger partial charge is 0.392 e. The Kier molecular flexibility index (Phi) is 12.3. The summed E-state index contributed by atoms with van der Waals surface area (Å²) in [5, 5.41) is 21.9. The van der Waals surface area contributed by atoms with Gasteiger partial charge in [-0.25, -0.2) is 10.5 Å². The molecule has 1 aliphatic heterocycles. The van der Waals surface area contributed by atoms with Crippen molar-refractivity contribution in [1.29, 1.82) is 0 Å². The van der Waals surface area contributed by atoms with Crippen LogP contribution in [0.3, 0.4) is 0 Å². The average molecular weight is 642 g/mol. The molecule has 5 rings (SSSR count). The summed E-state index contributed by atoms with van der Waals surface area (Å²) in [6.45, 7) is 0.407. The number of aromatic nitrogens is 1. The number of thioether (sulfide) groups is 1. The van der Waals surface area contributed by atoms with Gasteiger partial charge in [-0.15, -0.1) is 11.8 Å². The van der Waals surface area contributed by atoms with E-state index in [-0.39, 0.29) is 31.1 Å². The van der Waals surface area contributed by atoms with E-state index < -0.39 is 12.2 Å². The minimum atomic E-state index is -0.542. The molecule has 1 saturated heterocycles. The van der Waals surface area contributed by atoms with Gasteiger partial charge in [0.1, 0.15) is 0 Å². The zero-order chi connectivity index (χ0) is 32.1. The molecule has 10 heteroatoms. The van der Waals surface area contributed by atoms with Crippen LogP contribution in [0, 0.1) is 0 Å². The maximum absolute atomic E-state index is 12.3. The number of carbonyl (C=O) groups excluding carboxylic acids is 2. The summed E-state index contributed by atoms with van der Waals surface area (Å²) < 4.78 is 13.0. The summed E-state index contributed by atoms with van der Waals surface area (Å²) in [6.07, 6.45) is 3.36. The number of nitrogens with zero attached hydrogens (tertiary/aromatic N) is 1. The number of hydrogen-bond donors (Lipinski definition) is 4. The number of ether oxygens (including phenoxy) is 2. The van der Waals surface area contributed by atoms with Crippen molar-refractivity contribution in [2.45, 2.75) is 68.8 Å². The van der Waals surface area contributed by atoms with E-state index in [9.17, 15) is 14.7 Å². The highest BCUT2D eigenvalue weighted by Gasteiger charge is 2.32. The molecule has 0 unspecified atom stereocenters. The number of pyridine rings is 1. The monoisotopic (exact) mass is 641 g/mol. The fourth-order valence-corrected chi connectivity index (χ4v) is 6.12. The number of rotatable bonds is 14. The van der Waals surface area contributed by atoms with Crippen molar-refractivity contribution < 1.29 is 29.4 Å². The Bertz CT molecular complexity index is 1550. The molecule has 3 atom stereocenters. The molecule has 0 radical (unpaired) electrons. The van der Waals surface area contributed by atoms with Crippen molar-refractivity contribution >= 4 is 23.6 Å². The molecule has 1 fully saturated rings. The predicted molar refractivity (Wildman–Crippen MR) is 176 cm³/mol. The molecular formula is C36H39N3O6S. The van der Waals surface area contributed by atoms with Gasteiger partial charge in [0.25, 0.3) is 0 Å². The van der Waals surface area contributed by atoms with Crippen LogP contribution >= 0.6 is 11.8 Å². The quantitative estimate of drug-likeness (QED) is 0.0550. The fourth-order valence-electron chi connectivity index (χ4n) is 5.24. The van der Waals surface area contributed by atoms with Gasteiger partial charge in [0, 0.05) is 43.3 Å². The van der Waals surface area contributed by atoms with E-state index in [1.807, 2.05) is 72.8 Å². The van der Waals surface area contributed by atoms with Crippen molar-refractivity contribution in [2.75, 3.05) is 5.75 Å². The number of amides is 2. The van der Waals surface area contributed by atoms with E-state index in [0.29, 0.717) is 32.2 Å². The number of hydrogen-bond acceptors (Lipinski definition) is 8. The number of carbonyl (C=O) groups is 2. The highest BCUT2D eigenvalue weighted by Crippen LogP contribution is 2.39. The first-order valence-corrected chi connectivity index (χ1v) is 16.4. The first-order valence-electron chi connectivity index (χ1n) is 15.4. The van der Waals surface area contributed by atoms with Gasteiger partial charge in [0.05, 0.1) is 23.8 Å². The SMILES string of the molecule is O=C(CCCCC(=O)NCc1cccc(-c2ccc([C@H]3O[C@@H](CSc4ccccn4)C[C@@H](c4ccc(CO)cc4)O3)cc2)c1)NO. The van der Waals surface area contributed by atoms with E-state index in [2.05, 4.69) is 28.5 Å². The van der Waals surface area contributed by atoms with Gasteiger partial charge < -0.3 is 19.9 Å². The molecule has 2 heterocycles. The number of hydroxylamine groups is 1. The topological polar surface area (TPSA) is 130 Å².